The first kappa shape index (κ1) is 14.4. The normalized spacial score (nSPS) is 22.3. The van der Waals surface area contributed by atoms with Crippen molar-refractivity contribution < 1.29 is 4.79 Å². The molecule has 4 heteroatoms. The predicted molar refractivity (Wildman–Crippen MR) is 78.3 cm³/mol. The van der Waals surface area contributed by atoms with Gasteiger partial charge in [0.15, 0.2) is 0 Å². The van der Waals surface area contributed by atoms with Crippen LogP contribution in [0.25, 0.3) is 0 Å². The van der Waals surface area contributed by atoms with E-state index in [1.165, 1.54) is 0 Å². The van der Waals surface area contributed by atoms with Gasteiger partial charge in [-0.3, -0.25) is 9.69 Å². The standard InChI is InChI=1S/C15H21ClN2O/c1-3-17-9-10-18(11-12(17)2)15(19)14(16)13-7-5-4-6-8-13/h4-8,12,14H,3,9-11H2,1-2H3. The van der Waals surface area contributed by atoms with Crippen LogP contribution in [0.2, 0.25) is 0 Å². The maximum absolute atomic E-state index is 12.4. The van der Waals surface area contributed by atoms with Gasteiger partial charge in [-0.15, -0.1) is 11.6 Å². The van der Waals surface area contributed by atoms with Gasteiger partial charge in [0.2, 0.25) is 5.91 Å². The van der Waals surface area contributed by atoms with Crippen LogP contribution in [0.3, 0.4) is 0 Å². The van der Waals surface area contributed by atoms with Crippen molar-refractivity contribution >= 4 is 17.5 Å². The van der Waals surface area contributed by atoms with Crippen LogP contribution in [-0.4, -0.2) is 47.9 Å². The third-order valence-corrected chi connectivity index (χ3v) is 4.23. The van der Waals surface area contributed by atoms with E-state index in [1.54, 1.807) is 0 Å². The number of carbonyl (C=O) groups is 1. The van der Waals surface area contributed by atoms with E-state index in [0.717, 1.165) is 31.7 Å². The van der Waals surface area contributed by atoms with Gasteiger partial charge in [0.1, 0.15) is 5.38 Å². The molecule has 104 valence electrons. The Morgan fingerprint density at radius 3 is 2.63 bits per heavy atom. The summed E-state index contributed by atoms with van der Waals surface area (Å²) in [6.45, 7) is 7.82. The molecule has 0 aromatic heterocycles. The zero-order valence-electron chi connectivity index (χ0n) is 11.6. The monoisotopic (exact) mass is 280 g/mol. The van der Waals surface area contributed by atoms with Crippen LogP contribution in [0.1, 0.15) is 24.8 Å². The van der Waals surface area contributed by atoms with E-state index < -0.39 is 5.38 Å². The van der Waals surface area contributed by atoms with Crippen molar-refractivity contribution in [2.75, 3.05) is 26.2 Å². The number of halogens is 1. The fraction of sp³-hybridized carbons (Fsp3) is 0.533. The average Bonchev–Trinajstić information content (AvgIpc) is 2.46. The highest BCUT2D eigenvalue weighted by Crippen LogP contribution is 2.24. The van der Waals surface area contributed by atoms with Crippen molar-refractivity contribution in [1.82, 2.24) is 9.80 Å². The van der Waals surface area contributed by atoms with E-state index >= 15 is 0 Å². The van der Waals surface area contributed by atoms with Crippen molar-refractivity contribution in [3.8, 4) is 0 Å². The lowest BCUT2D eigenvalue weighted by atomic mass is 10.1. The van der Waals surface area contributed by atoms with Crippen LogP contribution in [0.4, 0.5) is 0 Å². The van der Waals surface area contributed by atoms with Crippen LogP contribution in [0.15, 0.2) is 30.3 Å². The molecular formula is C15H21ClN2O. The number of hydrogen-bond acceptors (Lipinski definition) is 2. The van der Waals surface area contributed by atoms with E-state index in [0.29, 0.717) is 6.04 Å². The highest BCUT2D eigenvalue weighted by Gasteiger charge is 2.29. The molecule has 1 heterocycles. The number of piperazine rings is 1. The second-order valence-electron chi connectivity index (χ2n) is 5.04. The van der Waals surface area contributed by atoms with Crippen LogP contribution < -0.4 is 0 Å². The molecule has 0 saturated carbocycles. The van der Waals surface area contributed by atoms with Crippen molar-refractivity contribution in [2.24, 2.45) is 0 Å². The van der Waals surface area contributed by atoms with E-state index in [4.69, 9.17) is 11.6 Å². The van der Waals surface area contributed by atoms with E-state index in [1.807, 2.05) is 35.2 Å². The molecule has 2 rings (SSSR count). The van der Waals surface area contributed by atoms with E-state index in [2.05, 4.69) is 18.7 Å². The van der Waals surface area contributed by atoms with Crippen molar-refractivity contribution in [3.63, 3.8) is 0 Å². The van der Waals surface area contributed by atoms with Crippen molar-refractivity contribution in [2.45, 2.75) is 25.3 Å². The van der Waals surface area contributed by atoms with Crippen molar-refractivity contribution in [1.29, 1.82) is 0 Å². The minimum atomic E-state index is -0.568. The lowest BCUT2D eigenvalue weighted by molar-refractivity contribution is -0.133. The maximum atomic E-state index is 12.4. The number of alkyl halides is 1. The summed E-state index contributed by atoms with van der Waals surface area (Å²) in [5, 5.41) is -0.568. The molecule has 0 bridgehead atoms. The van der Waals surface area contributed by atoms with Crippen LogP contribution >= 0.6 is 11.6 Å². The predicted octanol–water partition coefficient (Wildman–Crippen LogP) is 2.52. The van der Waals surface area contributed by atoms with Gasteiger partial charge in [0.05, 0.1) is 0 Å². The maximum Gasteiger partial charge on any atom is 0.245 e. The summed E-state index contributed by atoms with van der Waals surface area (Å²) >= 11 is 6.30. The summed E-state index contributed by atoms with van der Waals surface area (Å²) in [6.07, 6.45) is 0. The second kappa shape index (κ2) is 6.40. The molecule has 1 aliphatic heterocycles. The topological polar surface area (TPSA) is 23.6 Å². The van der Waals surface area contributed by atoms with Gasteiger partial charge < -0.3 is 4.90 Å². The molecule has 1 aromatic carbocycles. The first-order chi connectivity index (χ1) is 9.13. The minimum Gasteiger partial charge on any atom is -0.338 e. The number of likely N-dealkylation sites (N-methyl/N-ethyl adjacent to an activating group) is 1. The molecule has 2 atom stereocenters. The Labute approximate surface area is 120 Å². The van der Waals surface area contributed by atoms with Gasteiger partial charge in [-0.25, -0.2) is 0 Å². The number of nitrogens with zero attached hydrogens (tertiary/aromatic N) is 2. The summed E-state index contributed by atoms with van der Waals surface area (Å²) in [7, 11) is 0. The zero-order chi connectivity index (χ0) is 13.8. The van der Waals surface area contributed by atoms with Crippen LogP contribution in [0.5, 0.6) is 0 Å². The van der Waals surface area contributed by atoms with Gasteiger partial charge in [0, 0.05) is 25.7 Å². The van der Waals surface area contributed by atoms with Crippen LogP contribution in [0, 0.1) is 0 Å². The highest BCUT2D eigenvalue weighted by atomic mass is 35.5. The fourth-order valence-corrected chi connectivity index (χ4v) is 2.87. The molecule has 0 spiro atoms. The number of benzene rings is 1. The van der Waals surface area contributed by atoms with E-state index in [-0.39, 0.29) is 5.91 Å². The molecule has 1 saturated heterocycles. The number of carbonyl (C=O) groups excluding carboxylic acids is 1. The van der Waals surface area contributed by atoms with Gasteiger partial charge in [-0.2, -0.15) is 0 Å². The quantitative estimate of drug-likeness (QED) is 0.795. The van der Waals surface area contributed by atoms with E-state index in [9.17, 15) is 4.79 Å². The molecule has 1 amide bonds. The Bertz CT molecular complexity index is 423. The molecule has 0 radical (unpaired) electrons. The highest BCUT2D eigenvalue weighted by molar-refractivity contribution is 6.30. The lowest BCUT2D eigenvalue weighted by Crippen LogP contribution is -2.54. The number of hydrogen-bond donors (Lipinski definition) is 0. The molecule has 3 nitrogen and oxygen atoms in total. The molecular weight excluding hydrogens is 260 g/mol. The first-order valence-corrected chi connectivity index (χ1v) is 7.29. The Morgan fingerprint density at radius 1 is 1.37 bits per heavy atom. The minimum absolute atomic E-state index is 0.0236. The summed E-state index contributed by atoms with van der Waals surface area (Å²) in [5.74, 6) is 0.0236. The average molecular weight is 281 g/mol. The fourth-order valence-electron chi connectivity index (χ4n) is 2.59. The van der Waals surface area contributed by atoms with Crippen molar-refractivity contribution in [3.05, 3.63) is 35.9 Å². The molecule has 19 heavy (non-hydrogen) atoms. The Balaban J connectivity index is 2.01. The number of rotatable bonds is 3. The summed E-state index contributed by atoms with van der Waals surface area (Å²) in [5.41, 5.74) is 0.875. The summed E-state index contributed by atoms with van der Waals surface area (Å²) in [6, 6.07) is 9.97. The summed E-state index contributed by atoms with van der Waals surface area (Å²) < 4.78 is 0. The van der Waals surface area contributed by atoms with Crippen LogP contribution in [-0.2, 0) is 4.79 Å². The zero-order valence-corrected chi connectivity index (χ0v) is 12.3. The Hall–Kier alpha value is -1.06. The molecule has 0 N–H and O–H groups in total. The third-order valence-electron chi connectivity index (χ3n) is 3.79. The molecule has 0 aliphatic carbocycles. The second-order valence-corrected chi connectivity index (χ2v) is 5.47. The first-order valence-electron chi connectivity index (χ1n) is 6.85. The number of amides is 1. The molecule has 1 aliphatic rings. The third kappa shape index (κ3) is 3.28. The largest absolute Gasteiger partial charge is 0.338 e. The molecule has 1 aromatic rings. The van der Waals surface area contributed by atoms with Gasteiger partial charge in [-0.1, -0.05) is 37.3 Å². The molecule has 2 unspecified atom stereocenters. The Kier molecular flexibility index (Phi) is 4.83. The molecule has 1 fully saturated rings. The summed E-state index contributed by atoms with van der Waals surface area (Å²) in [4.78, 5) is 16.7. The smallest absolute Gasteiger partial charge is 0.245 e. The lowest BCUT2D eigenvalue weighted by Gasteiger charge is -2.40. The van der Waals surface area contributed by atoms with Gasteiger partial charge in [0.25, 0.3) is 0 Å². The van der Waals surface area contributed by atoms with Gasteiger partial charge >= 0.3 is 0 Å². The SMILES string of the molecule is CCN1CCN(C(=O)C(Cl)c2ccccc2)CC1C. The van der Waals surface area contributed by atoms with Gasteiger partial charge in [-0.05, 0) is 19.0 Å². The Morgan fingerprint density at radius 2 is 2.05 bits per heavy atom.